The summed E-state index contributed by atoms with van der Waals surface area (Å²) in [5, 5.41) is 8.00. The average Bonchev–Trinajstić information content (AvgIpc) is 2.53. The number of amides is 1. The summed E-state index contributed by atoms with van der Waals surface area (Å²) in [5.74, 6) is -0.363. The van der Waals surface area contributed by atoms with E-state index in [1.54, 1.807) is 12.1 Å². The number of sulfonamides is 1. The van der Waals surface area contributed by atoms with Crippen LogP contribution in [0.1, 0.15) is 39.7 Å². The number of ether oxygens (including phenoxy) is 1. The molecule has 0 heterocycles. The van der Waals surface area contributed by atoms with Gasteiger partial charge in [-0.25, -0.2) is 13.6 Å². The van der Waals surface area contributed by atoms with Gasteiger partial charge in [0, 0.05) is 24.1 Å². The molecule has 0 bridgehead atoms. The fourth-order valence-electron chi connectivity index (χ4n) is 3.25. The number of carbonyl (C=O) groups excluding carboxylic acids is 1. The fourth-order valence-corrected chi connectivity index (χ4v) is 4.12. The lowest BCUT2D eigenvalue weighted by molar-refractivity contribution is -0.166. The molecule has 0 radical (unpaired) electrons. The second-order valence-corrected chi connectivity index (χ2v) is 8.55. The summed E-state index contributed by atoms with van der Waals surface area (Å²) in [6.07, 6.45) is 0.842. The van der Waals surface area contributed by atoms with E-state index < -0.39 is 21.0 Å². The van der Waals surface area contributed by atoms with Crippen molar-refractivity contribution < 1.29 is 17.9 Å². The summed E-state index contributed by atoms with van der Waals surface area (Å²) in [4.78, 5) is 12.7. The fraction of sp³-hybridized carbons (Fsp3) is 0.588. The number of rotatable bonds is 6. The van der Waals surface area contributed by atoms with E-state index >= 15 is 0 Å². The van der Waals surface area contributed by atoms with E-state index in [1.165, 1.54) is 6.07 Å². The van der Waals surface area contributed by atoms with Crippen LogP contribution in [0.15, 0.2) is 23.1 Å². The second-order valence-electron chi connectivity index (χ2n) is 7.02. The Morgan fingerprint density at radius 2 is 2.00 bits per heavy atom. The lowest BCUT2D eigenvalue weighted by Crippen LogP contribution is -2.74. The number of nitrogens with two attached hydrogens (primary N) is 2. The minimum absolute atomic E-state index is 0.0129. The van der Waals surface area contributed by atoms with E-state index in [0.29, 0.717) is 30.7 Å². The van der Waals surface area contributed by atoms with Gasteiger partial charge in [-0.3, -0.25) is 4.79 Å². The van der Waals surface area contributed by atoms with E-state index in [4.69, 9.17) is 15.6 Å². The molecule has 2 atom stereocenters. The van der Waals surface area contributed by atoms with Gasteiger partial charge in [0.2, 0.25) is 15.9 Å². The Balaban J connectivity index is 2.25. The molecule has 1 amide bonds. The smallest absolute Gasteiger partial charge is 0.245 e. The first-order valence-electron chi connectivity index (χ1n) is 8.35. The maximum Gasteiger partial charge on any atom is 0.245 e. The standard InChI is InChI=1S/C17H27N3O4S/c1-5-11-7-8-12(9-13(11)25(19,22)23)20-15(21)17(18)10-14(24-6-2)16(17,3)4/h7-9,14H,5-6,10,18H2,1-4H3,(H,20,21)(H2,19,22,23). The van der Waals surface area contributed by atoms with Gasteiger partial charge in [0.25, 0.3) is 0 Å². The molecule has 0 saturated heterocycles. The molecular formula is C17H27N3O4S. The number of carbonyl (C=O) groups is 1. The summed E-state index contributed by atoms with van der Waals surface area (Å²) < 4.78 is 29.1. The topological polar surface area (TPSA) is 125 Å². The van der Waals surface area contributed by atoms with Crippen LogP contribution in [-0.4, -0.2) is 32.6 Å². The summed E-state index contributed by atoms with van der Waals surface area (Å²) in [6, 6.07) is 4.68. The van der Waals surface area contributed by atoms with Crippen LogP contribution in [0.2, 0.25) is 0 Å². The highest BCUT2D eigenvalue weighted by molar-refractivity contribution is 7.89. The third kappa shape index (κ3) is 3.44. The summed E-state index contributed by atoms with van der Waals surface area (Å²) in [7, 11) is -3.87. The zero-order valence-electron chi connectivity index (χ0n) is 15.1. The molecule has 2 unspecified atom stereocenters. The molecule has 1 fully saturated rings. The Kier molecular flexibility index (Phi) is 5.30. The van der Waals surface area contributed by atoms with Crippen LogP contribution in [0.3, 0.4) is 0 Å². The molecule has 1 saturated carbocycles. The number of aryl methyl sites for hydroxylation is 1. The van der Waals surface area contributed by atoms with Gasteiger partial charge in [-0.05, 0) is 31.0 Å². The molecule has 8 heteroatoms. The third-order valence-electron chi connectivity index (χ3n) is 5.25. The number of benzene rings is 1. The molecular weight excluding hydrogens is 342 g/mol. The predicted molar refractivity (Wildman–Crippen MR) is 96.6 cm³/mol. The molecule has 0 aliphatic heterocycles. The van der Waals surface area contributed by atoms with E-state index in [1.807, 2.05) is 27.7 Å². The SMILES string of the molecule is CCOC1CC(N)(C(=O)Nc2ccc(CC)c(S(N)(=O)=O)c2)C1(C)C. The molecule has 7 nitrogen and oxygen atoms in total. The van der Waals surface area contributed by atoms with Crippen LogP contribution in [0.4, 0.5) is 5.69 Å². The molecule has 1 aromatic carbocycles. The van der Waals surface area contributed by atoms with Crippen LogP contribution < -0.4 is 16.2 Å². The van der Waals surface area contributed by atoms with Crippen molar-refractivity contribution >= 4 is 21.6 Å². The molecule has 2 rings (SSSR count). The number of hydrogen-bond donors (Lipinski definition) is 3. The Bertz CT molecular complexity index is 776. The molecule has 140 valence electrons. The van der Waals surface area contributed by atoms with Gasteiger partial charge in [-0.2, -0.15) is 0 Å². The summed E-state index contributed by atoms with van der Waals surface area (Å²) in [5.41, 5.74) is 5.68. The van der Waals surface area contributed by atoms with Crippen molar-refractivity contribution in [1.29, 1.82) is 0 Å². The largest absolute Gasteiger partial charge is 0.378 e. The van der Waals surface area contributed by atoms with Crippen molar-refractivity contribution in [3.05, 3.63) is 23.8 Å². The van der Waals surface area contributed by atoms with Crippen LogP contribution in [0.25, 0.3) is 0 Å². The molecule has 0 spiro atoms. The number of anilines is 1. The van der Waals surface area contributed by atoms with Crippen molar-refractivity contribution in [3.8, 4) is 0 Å². The van der Waals surface area contributed by atoms with E-state index in [2.05, 4.69) is 5.32 Å². The van der Waals surface area contributed by atoms with E-state index in [-0.39, 0.29) is 16.9 Å². The van der Waals surface area contributed by atoms with Crippen LogP contribution in [0.5, 0.6) is 0 Å². The van der Waals surface area contributed by atoms with Crippen molar-refractivity contribution in [3.63, 3.8) is 0 Å². The molecule has 1 aliphatic rings. The normalized spacial score (nSPS) is 25.3. The minimum atomic E-state index is -3.87. The van der Waals surface area contributed by atoms with Crippen LogP contribution in [0, 0.1) is 5.41 Å². The van der Waals surface area contributed by atoms with Crippen molar-refractivity contribution in [2.24, 2.45) is 16.3 Å². The number of primary sulfonamides is 1. The Labute approximate surface area is 149 Å². The van der Waals surface area contributed by atoms with Gasteiger partial charge in [0.1, 0.15) is 5.54 Å². The molecule has 1 aliphatic carbocycles. The minimum Gasteiger partial charge on any atom is -0.378 e. The highest BCUT2D eigenvalue weighted by Gasteiger charge is 2.62. The Morgan fingerprint density at radius 1 is 1.36 bits per heavy atom. The quantitative estimate of drug-likeness (QED) is 0.698. The highest BCUT2D eigenvalue weighted by Crippen LogP contribution is 2.50. The molecule has 25 heavy (non-hydrogen) atoms. The lowest BCUT2D eigenvalue weighted by atomic mass is 9.54. The average molecular weight is 369 g/mol. The highest BCUT2D eigenvalue weighted by atomic mass is 32.2. The first-order valence-corrected chi connectivity index (χ1v) is 9.89. The number of nitrogens with one attached hydrogen (secondary N) is 1. The van der Waals surface area contributed by atoms with Gasteiger partial charge in [-0.15, -0.1) is 0 Å². The zero-order chi connectivity index (χ0) is 19.0. The lowest BCUT2D eigenvalue weighted by Gasteiger charge is -2.57. The maximum absolute atomic E-state index is 12.7. The van der Waals surface area contributed by atoms with Crippen LogP contribution >= 0.6 is 0 Å². The molecule has 0 aromatic heterocycles. The van der Waals surface area contributed by atoms with Crippen LogP contribution in [-0.2, 0) is 26.0 Å². The van der Waals surface area contributed by atoms with Crippen molar-refractivity contribution in [2.45, 2.75) is 57.1 Å². The first-order chi connectivity index (χ1) is 11.5. The second kappa shape index (κ2) is 6.68. The van der Waals surface area contributed by atoms with Gasteiger partial charge < -0.3 is 15.8 Å². The van der Waals surface area contributed by atoms with Crippen molar-refractivity contribution in [1.82, 2.24) is 0 Å². The monoisotopic (exact) mass is 369 g/mol. The summed E-state index contributed by atoms with van der Waals surface area (Å²) >= 11 is 0. The van der Waals surface area contributed by atoms with E-state index in [0.717, 1.165) is 0 Å². The number of hydrogen-bond acceptors (Lipinski definition) is 5. The Morgan fingerprint density at radius 3 is 2.48 bits per heavy atom. The first kappa shape index (κ1) is 19.8. The maximum atomic E-state index is 12.7. The van der Waals surface area contributed by atoms with Gasteiger partial charge in [-0.1, -0.05) is 26.8 Å². The Hall–Kier alpha value is -1.48. The van der Waals surface area contributed by atoms with E-state index in [9.17, 15) is 13.2 Å². The van der Waals surface area contributed by atoms with Gasteiger partial charge in [0.05, 0.1) is 11.0 Å². The van der Waals surface area contributed by atoms with Gasteiger partial charge in [0.15, 0.2) is 0 Å². The molecule has 5 N–H and O–H groups in total. The zero-order valence-corrected chi connectivity index (χ0v) is 15.9. The van der Waals surface area contributed by atoms with Gasteiger partial charge >= 0.3 is 0 Å². The predicted octanol–water partition coefficient (Wildman–Crippen LogP) is 1.37. The summed E-state index contributed by atoms with van der Waals surface area (Å²) in [6.45, 7) is 8.08. The molecule has 1 aromatic rings. The van der Waals surface area contributed by atoms with Crippen molar-refractivity contribution in [2.75, 3.05) is 11.9 Å². The third-order valence-corrected chi connectivity index (χ3v) is 6.24.